The molecule has 0 bridgehead atoms. The van der Waals surface area contributed by atoms with Crippen molar-refractivity contribution in [3.63, 3.8) is 0 Å². The number of benzene rings is 1. The second-order valence-electron chi connectivity index (χ2n) is 5.94. The molecule has 5 N–H and O–H groups in total. The number of rotatable bonds is 6. The molecule has 0 amide bonds. The summed E-state index contributed by atoms with van der Waals surface area (Å²) < 4.78 is 0. The predicted octanol–water partition coefficient (Wildman–Crippen LogP) is 1.30. The van der Waals surface area contributed by atoms with E-state index in [0.717, 1.165) is 23.1 Å². The number of fused-ring (bicyclic) bond motifs is 1. The highest BCUT2D eigenvalue weighted by Gasteiger charge is 2.37. The first kappa shape index (κ1) is 16.0. The molecule has 6 heteroatoms. The van der Waals surface area contributed by atoms with Gasteiger partial charge in [-0.05, 0) is 48.7 Å². The lowest BCUT2D eigenvalue weighted by atomic mass is 9.80. The molecule has 1 aliphatic rings. The summed E-state index contributed by atoms with van der Waals surface area (Å²) in [6, 6.07) is 5.74. The molecule has 0 saturated carbocycles. The first-order chi connectivity index (χ1) is 9.90. The molecule has 3 atom stereocenters. The highest BCUT2D eigenvalue weighted by Crippen LogP contribution is 2.41. The van der Waals surface area contributed by atoms with E-state index in [0.29, 0.717) is 12.8 Å². The van der Waals surface area contributed by atoms with Crippen molar-refractivity contribution in [3.05, 3.63) is 34.9 Å². The maximum Gasteiger partial charge on any atom is 0.451 e. The summed E-state index contributed by atoms with van der Waals surface area (Å²) in [4.78, 5) is 11.6. The van der Waals surface area contributed by atoms with Gasteiger partial charge in [0, 0.05) is 6.04 Å². The number of hydrogen-bond acceptors (Lipinski definition) is 4. The molecule has 114 valence electrons. The van der Waals surface area contributed by atoms with E-state index >= 15 is 0 Å². The van der Waals surface area contributed by atoms with Gasteiger partial charge in [0.1, 0.15) is 0 Å². The molecule has 1 unspecified atom stereocenters. The van der Waals surface area contributed by atoms with Gasteiger partial charge in [-0.3, -0.25) is 4.79 Å². The normalized spacial score (nSPS) is 21.9. The van der Waals surface area contributed by atoms with Crippen LogP contribution in [0, 0.1) is 5.92 Å². The quantitative estimate of drug-likeness (QED) is 0.591. The van der Waals surface area contributed by atoms with Crippen LogP contribution in [0.3, 0.4) is 0 Å². The second-order valence-corrected chi connectivity index (χ2v) is 5.94. The summed E-state index contributed by atoms with van der Waals surface area (Å²) in [6.45, 7) is 1.88. The number of nitrogens with two attached hydrogens (primary N) is 1. The highest BCUT2D eigenvalue weighted by atomic mass is 16.4. The summed E-state index contributed by atoms with van der Waals surface area (Å²) in [5, 5.41) is 27.3. The molecule has 0 heterocycles. The Morgan fingerprint density at radius 1 is 1.48 bits per heavy atom. The van der Waals surface area contributed by atoms with Crippen LogP contribution in [0.5, 0.6) is 0 Å². The van der Waals surface area contributed by atoms with Gasteiger partial charge in [-0.15, -0.1) is 0 Å². The van der Waals surface area contributed by atoms with Crippen molar-refractivity contribution in [3.8, 4) is 0 Å². The standard InChI is InChI=1S/C15H22BNO4/c1-9(17)10-4-5-11-7-12(3-2-6-16(20)21)14(15(18)19)13(11)8-10/h4-5,8-9,12,14,20-21H,2-3,6-7,17H2,1H3,(H,18,19)/t9?,12-,14-/m0/s1. The zero-order chi connectivity index (χ0) is 15.6. The Bertz CT molecular complexity index is 518. The van der Waals surface area contributed by atoms with Gasteiger partial charge in [0.2, 0.25) is 0 Å². The van der Waals surface area contributed by atoms with Crippen molar-refractivity contribution in [2.75, 3.05) is 0 Å². The smallest absolute Gasteiger partial charge is 0.451 e. The number of carboxylic acid groups (broad SMARTS) is 1. The molecule has 21 heavy (non-hydrogen) atoms. The fourth-order valence-corrected chi connectivity index (χ4v) is 3.19. The zero-order valence-corrected chi connectivity index (χ0v) is 12.2. The minimum Gasteiger partial charge on any atom is -0.481 e. The molecule has 2 rings (SSSR count). The maximum atomic E-state index is 11.6. The van der Waals surface area contributed by atoms with Gasteiger partial charge in [-0.1, -0.05) is 24.6 Å². The minimum absolute atomic E-state index is 0.0135. The van der Waals surface area contributed by atoms with E-state index in [1.54, 1.807) is 0 Å². The third-order valence-corrected chi connectivity index (χ3v) is 4.29. The zero-order valence-electron chi connectivity index (χ0n) is 12.2. The number of aliphatic carboxylic acids is 1. The van der Waals surface area contributed by atoms with Crippen LogP contribution < -0.4 is 5.73 Å². The Hall–Kier alpha value is -1.37. The minimum atomic E-state index is -1.32. The Morgan fingerprint density at radius 2 is 2.19 bits per heavy atom. The lowest BCUT2D eigenvalue weighted by Gasteiger charge is -2.17. The third-order valence-electron chi connectivity index (χ3n) is 4.29. The van der Waals surface area contributed by atoms with E-state index in [4.69, 9.17) is 15.8 Å². The van der Waals surface area contributed by atoms with E-state index in [-0.39, 0.29) is 18.3 Å². The van der Waals surface area contributed by atoms with Crippen LogP contribution in [0.25, 0.3) is 0 Å². The predicted molar refractivity (Wildman–Crippen MR) is 80.8 cm³/mol. The summed E-state index contributed by atoms with van der Waals surface area (Å²) in [6.07, 6.45) is 2.30. The Kier molecular flexibility index (Phi) is 5.03. The number of carbonyl (C=O) groups is 1. The Balaban J connectivity index is 2.18. The van der Waals surface area contributed by atoms with Gasteiger partial charge >= 0.3 is 13.1 Å². The van der Waals surface area contributed by atoms with Crippen molar-refractivity contribution in [2.45, 2.75) is 44.5 Å². The fraction of sp³-hybridized carbons (Fsp3) is 0.533. The molecular formula is C15H22BNO4. The van der Waals surface area contributed by atoms with E-state index in [1.165, 1.54) is 0 Å². The maximum absolute atomic E-state index is 11.6. The molecule has 1 aromatic carbocycles. The van der Waals surface area contributed by atoms with Gasteiger partial charge in [-0.25, -0.2) is 0 Å². The molecule has 0 spiro atoms. The third kappa shape index (κ3) is 3.64. The Labute approximate surface area is 124 Å². The van der Waals surface area contributed by atoms with Crippen molar-refractivity contribution in [1.29, 1.82) is 0 Å². The molecule has 0 aliphatic heterocycles. The average Bonchev–Trinajstić information content (AvgIpc) is 2.75. The lowest BCUT2D eigenvalue weighted by molar-refractivity contribution is -0.139. The van der Waals surface area contributed by atoms with Crippen molar-refractivity contribution in [1.82, 2.24) is 0 Å². The van der Waals surface area contributed by atoms with Crippen LogP contribution >= 0.6 is 0 Å². The lowest BCUT2D eigenvalue weighted by Crippen LogP contribution is -2.19. The van der Waals surface area contributed by atoms with Gasteiger partial charge in [0.15, 0.2) is 0 Å². The van der Waals surface area contributed by atoms with Crippen molar-refractivity contribution >= 4 is 13.1 Å². The number of carboxylic acids is 1. The highest BCUT2D eigenvalue weighted by molar-refractivity contribution is 6.40. The van der Waals surface area contributed by atoms with E-state index in [1.807, 2.05) is 25.1 Å². The van der Waals surface area contributed by atoms with Crippen molar-refractivity contribution in [2.24, 2.45) is 11.7 Å². The van der Waals surface area contributed by atoms with Crippen molar-refractivity contribution < 1.29 is 19.9 Å². The summed E-state index contributed by atoms with van der Waals surface area (Å²) in [5.41, 5.74) is 8.76. The Morgan fingerprint density at radius 3 is 2.76 bits per heavy atom. The topological polar surface area (TPSA) is 104 Å². The monoisotopic (exact) mass is 291 g/mol. The first-order valence-corrected chi connectivity index (χ1v) is 7.37. The van der Waals surface area contributed by atoms with Gasteiger partial charge in [-0.2, -0.15) is 0 Å². The average molecular weight is 291 g/mol. The molecule has 1 aliphatic carbocycles. The van der Waals surface area contributed by atoms with Gasteiger partial charge < -0.3 is 20.9 Å². The molecule has 0 aromatic heterocycles. The summed E-state index contributed by atoms with van der Waals surface area (Å²) >= 11 is 0. The van der Waals surface area contributed by atoms with E-state index in [2.05, 4.69) is 0 Å². The summed E-state index contributed by atoms with van der Waals surface area (Å²) in [5.74, 6) is -1.32. The van der Waals surface area contributed by atoms with Crippen LogP contribution in [0.1, 0.15) is 48.4 Å². The molecule has 1 aromatic rings. The van der Waals surface area contributed by atoms with Gasteiger partial charge in [0.05, 0.1) is 5.92 Å². The van der Waals surface area contributed by atoms with Crippen LogP contribution in [0.2, 0.25) is 6.32 Å². The SMILES string of the molecule is CC(N)c1ccc2c(c1)[C@@H](C(=O)O)[C@@H](CCCB(O)O)C2. The van der Waals surface area contributed by atoms with E-state index in [9.17, 15) is 9.90 Å². The van der Waals surface area contributed by atoms with Crippen LogP contribution in [-0.2, 0) is 11.2 Å². The fourth-order valence-electron chi connectivity index (χ4n) is 3.19. The first-order valence-electron chi connectivity index (χ1n) is 7.37. The molecule has 0 saturated heterocycles. The van der Waals surface area contributed by atoms with Crippen LogP contribution in [0.15, 0.2) is 18.2 Å². The van der Waals surface area contributed by atoms with Gasteiger partial charge in [0.25, 0.3) is 0 Å². The largest absolute Gasteiger partial charge is 0.481 e. The molecule has 0 radical (unpaired) electrons. The van der Waals surface area contributed by atoms with Crippen LogP contribution in [0.4, 0.5) is 0 Å². The van der Waals surface area contributed by atoms with Crippen LogP contribution in [-0.4, -0.2) is 28.2 Å². The second kappa shape index (κ2) is 6.60. The molecular weight excluding hydrogens is 269 g/mol. The van der Waals surface area contributed by atoms with E-state index < -0.39 is 19.0 Å². The summed E-state index contributed by atoms with van der Waals surface area (Å²) in [7, 11) is -1.32. The number of hydrogen-bond donors (Lipinski definition) is 4. The molecule has 5 nitrogen and oxygen atoms in total. The molecule has 0 fully saturated rings.